The molecule has 1 saturated carbocycles. The van der Waals surface area contributed by atoms with E-state index in [1.54, 1.807) is 0 Å². The van der Waals surface area contributed by atoms with E-state index >= 15 is 0 Å². The fourth-order valence-corrected chi connectivity index (χ4v) is 5.53. The number of hydrogen-bond donors (Lipinski definition) is 0. The Bertz CT molecular complexity index is 1020. The molecule has 3 aliphatic rings. The molecule has 0 bridgehead atoms. The van der Waals surface area contributed by atoms with Gasteiger partial charge in [-0.3, -0.25) is 14.5 Å². The Morgan fingerprint density at radius 3 is 2.54 bits per heavy atom. The number of fused-ring (bicyclic) bond motifs is 1. The number of aromatic nitrogens is 3. The Hall–Kier alpha value is -2.75. The Balaban J connectivity index is 1.07. The fourth-order valence-electron chi connectivity index (χ4n) is 5.53. The summed E-state index contributed by atoms with van der Waals surface area (Å²) in [6, 6.07) is 0.370. The van der Waals surface area contributed by atoms with Crippen LogP contribution in [0.3, 0.4) is 0 Å². The van der Waals surface area contributed by atoms with E-state index < -0.39 is 0 Å². The van der Waals surface area contributed by atoms with Crippen LogP contribution in [0.15, 0.2) is 9.05 Å². The molecule has 5 rings (SSSR count). The molecule has 35 heavy (non-hydrogen) atoms. The van der Waals surface area contributed by atoms with Gasteiger partial charge in [-0.1, -0.05) is 29.6 Å². The van der Waals surface area contributed by atoms with Crippen LogP contribution in [0.4, 0.5) is 0 Å². The molecule has 0 aromatic carbocycles. The van der Waals surface area contributed by atoms with Crippen molar-refractivity contribution in [2.75, 3.05) is 33.2 Å². The summed E-state index contributed by atoms with van der Waals surface area (Å²) in [6.45, 7) is 3.31. The van der Waals surface area contributed by atoms with Crippen molar-refractivity contribution in [1.29, 1.82) is 0 Å². The summed E-state index contributed by atoms with van der Waals surface area (Å²) < 4.78 is 10.8. The highest BCUT2D eigenvalue weighted by atomic mass is 16.5. The average Bonchev–Trinajstić information content (AvgIpc) is 3.54. The minimum Gasteiger partial charge on any atom is -0.360 e. The third kappa shape index (κ3) is 5.58. The lowest BCUT2D eigenvalue weighted by atomic mass is 9.94. The van der Waals surface area contributed by atoms with Crippen molar-refractivity contribution in [2.45, 2.75) is 83.2 Å². The molecule has 2 aromatic rings. The second kappa shape index (κ2) is 10.9. The molecular formula is C25H36N6O4. The summed E-state index contributed by atoms with van der Waals surface area (Å²) in [7, 11) is 1.92. The first kappa shape index (κ1) is 24.0. The monoisotopic (exact) mass is 484 g/mol. The smallest absolute Gasteiger partial charge is 0.276 e. The van der Waals surface area contributed by atoms with Gasteiger partial charge < -0.3 is 18.8 Å². The first-order valence-corrected chi connectivity index (χ1v) is 13.1. The van der Waals surface area contributed by atoms with Gasteiger partial charge in [0.05, 0.1) is 6.54 Å². The average molecular weight is 485 g/mol. The minimum atomic E-state index is -0.0266. The van der Waals surface area contributed by atoms with E-state index in [1.807, 2.05) is 16.8 Å². The molecule has 2 aromatic heterocycles. The molecule has 3 heterocycles. The first-order valence-electron chi connectivity index (χ1n) is 13.1. The zero-order chi connectivity index (χ0) is 24.2. The summed E-state index contributed by atoms with van der Waals surface area (Å²) in [5, 5.41) is 8.20. The van der Waals surface area contributed by atoms with Gasteiger partial charge in [-0.25, -0.2) is 0 Å². The number of amides is 2. The second-order valence-corrected chi connectivity index (χ2v) is 10.1. The molecule has 0 spiro atoms. The quantitative estimate of drug-likeness (QED) is 0.590. The summed E-state index contributed by atoms with van der Waals surface area (Å²) >= 11 is 0. The van der Waals surface area contributed by atoms with Crippen molar-refractivity contribution in [2.24, 2.45) is 0 Å². The highest BCUT2D eigenvalue weighted by Gasteiger charge is 2.30. The lowest BCUT2D eigenvalue weighted by Gasteiger charge is -2.33. The largest absolute Gasteiger partial charge is 0.360 e. The van der Waals surface area contributed by atoms with Crippen LogP contribution in [-0.4, -0.2) is 81.1 Å². The molecule has 2 fully saturated rings. The topological polar surface area (TPSA) is 109 Å². The van der Waals surface area contributed by atoms with Crippen LogP contribution in [0.5, 0.6) is 0 Å². The zero-order valence-electron chi connectivity index (χ0n) is 20.7. The van der Waals surface area contributed by atoms with Gasteiger partial charge in [-0.15, -0.1) is 0 Å². The van der Waals surface area contributed by atoms with Gasteiger partial charge in [-0.2, -0.15) is 4.98 Å². The first-order chi connectivity index (χ1) is 17.1. The van der Waals surface area contributed by atoms with Gasteiger partial charge in [0, 0.05) is 64.1 Å². The van der Waals surface area contributed by atoms with E-state index in [2.05, 4.69) is 20.2 Å². The maximum atomic E-state index is 13.0. The van der Waals surface area contributed by atoms with Gasteiger partial charge in [0.2, 0.25) is 11.8 Å². The normalized spacial score (nSPS) is 19.5. The highest BCUT2D eigenvalue weighted by Crippen LogP contribution is 2.25. The summed E-state index contributed by atoms with van der Waals surface area (Å²) in [5.41, 5.74) is 1.51. The SMILES string of the molecule is CN(C(=O)CCc1nc(CN2CCN(C(=O)c3noc4c3CCCC4)CC2)no1)C1CCCCC1. The van der Waals surface area contributed by atoms with Crippen LogP contribution in [0.2, 0.25) is 0 Å². The number of piperazine rings is 1. The molecule has 190 valence electrons. The van der Waals surface area contributed by atoms with Crippen molar-refractivity contribution >= 4 is 11.8 Å². The molecule has 10 nitrogen and oxygen atoms in total. The molecule has 2 aliphatic carbocycles. The number of aryl methyl sites for hydroxylation is 2. The maximum Gasteiger partial charge on any atom is 0.276 e. The number of rotatable bonds is 7. The number of nitrogens with zero attached hydrogens (tertiary/aromatic N) is 6. The Morgan fingerprint density at radius 2 is 1.74 bits per heavy atom. The molecule has 10 heteroatoms. The van der Waals surface area contributed by atoms with Crippen LogP contribution in [0.25, 0.3) is 0 Å². The Morgan fingerprint density at radius 1 is 0.971 bits per heavy atom. The van der Waals surface area contributed by atoms with Gasteiger partial charge in [-0.05, 0) is 32.1 Å². The lowest BCUT2D eigenvalue weighted by molar-refractivity contribution is -0.132. The third-order valence-electron chi connectivity index (χ3n) is 7.76. The molecular weight excluding hydrogens is 448 g/mol. The van der Waals surface area contributed by atoms with E-state index in [1.165, 1.54) is 19.3 Å². The molecule has 0 N–H and O–H groups in total. The molecule has 1 aliphatic heterocycles. The Kier molecular flexibility index (Phi) is 7.46. The second-order valence-electron chi connectivity index (χ2n) is 10.1. The molecule has 1 saturated heterocycles. The highest BCUT2D eigenvalue weighted by molar-refractivity contribution is 5.94. The van der Waals surface area contributed by atoms with Crippen molar-refractivity contribution in [3.63, 3.8) is 0 Å². The number of carbonyl (C=O) groups is 2. The van der Waals surface area contributed by atoms with Gasteiger partial charge in [0.1, 0.15) is 5.76 Å². The van der Waals surface area contributed by atoms with E-state index in [0.717, 1.165) is 62.9 Å². The van der Waals surface area contributed by atoms with E-state index in [-0.39, 0.29) is 11.8 Å². The molecule has 0 atom stereocenters. The zero-order valence-corrected chi connectivity index (χ0v) is 20.7. The van der Waals surface area contributed by atoms with Gasteiger partial charge in [0.25, 0.3) is 5.91 Å². The molecule has 0 unspecified atom stereocenters. The Labute approximate surface area is 206 Å². The van der Waals surface area contributed by atoms with E-state index in [0.29, 0.717) is 55.9 Å². The van der Waals surface area contributed by atoms with Crippen LogP contribution in [0.1, 0.15) is 84.9 Å². The van der Waals surface area contributed by atoms with Crippen molar-refractivity contribution in [1.82, 2.24) is 30.0 Å². The summed E-state index contributed by atoms with van der Waals surface area (Å²) in [6.07, 6.45) is 10.7. The van der Waals surface area contributed by atoms with Crippen molar-refractivity contribution < 1.29 is 18.6 Å². The van der Waals surface area contributed by atoms with Crippen LogP contribution in [-0.2, 0) is 30.6 Å². The van der Waals surface area contributed by atoms with E-state index in [4.69, 9.17) is 9.05 Å². The van der Waals surface area contributed by atoms with Gasteiger partial charge in [0.15, 0.2) is 11.5 Å². The predicted octanol–water partition coefficient (Wildman–Crippen LogP) is 2.62. The number of carbonyl (C=O) groups excluding carboxylic acids is 2. The predicted molar refractivity (Wildman–Crippen MR) is 127 cm³/mol. The molecule has 2 amide bonds. The minimum absolute atomic E-state index is 0.0266. The van der Waals surface area contributed by atoms with Crippen LogP contribution in [0, 0.1) is 0 Å². The van der Waals surface area contributed by atoms with Crippen molar-refractivity contribution in [3.05, 3.63) is 28.7 Å². The van der Waals surface area contributed by atoms with Crippen LogP contribution >= 0.6 is 0 Å². The molecule has 0 radical (unpaired) electrons. The number of hydrogen-bond acceptors (Lipinski definition) is 8. The maximum absolute atomic E-state index is 13.0. The lowest BCUT2D eigenvalue weighted by Crippen LogP contribution is -2.48. The third-order valence-corrected chi connectivity index (χ3v) is 7.76. The fraction of sp³-hybridized carbons (Fsp3) is 0.720. The van der Waals surface area contributed by atoms with Gasteiger partial charge >= 0.3 is 0 Å². The van der Waals surface area contributed by atoms with E-state index in [9.17, 15) is 9.59 Å². The van der Waals surface area contributed by atoms with Crippen molar-refractivity contribution in [3.8, 4) is 0 Å². The standard InChI is InChI=1S/C25H36N6O4/c1-29(18-7-3-2-4-8-18)23(32)12-11-22-26-21(27-35-22)17-30-13-15-31(16-14-30)25(33)24-19-9-5-6-10-20(19)34-28-24/h18H,2-17H2,1H3. The van der Waals surface area contributed by atoms with Crippen LogP contribution < -0.4 is 0 Å². The summed E-state index contributed by atoms with van der Waals surface area (Å²) in [5.74, 6) is 2.13. The summed E-state index contributed by atoms with van der Waals surface area (Å²) in [4.78, 5) is 36.1.